The van der Waals surface area contributed by atoms with E-state index in [1.807, 2.05) is 6.92 Å². The van der Waals surface area contributed by atoms with Crippen LogP contribution in [0.15, 0.2) is 29.1 Å². The lowest BCUT2D eigenvalue weighted by Gasteiger charge is -2.25. The molecule has 0 radical (unpaired) electrons. The third-order valence-corrected chi connectivity index (χ3v) is 8.97. The number of nitrogens with one attached hydrogen (secondary N) is 1. The number of nitrogens with zero attached hydrogens (tertiary/aromatic N) is 5. The summed E-state index contributed by atoms with van der Waals surface area (Å²) in [5, 5.41) is 16.6. The Hall–Kier alpha value is -2.99. The number of hydrogen-bond acceptors (Lipinski definition) is 8. The predicted molar refractivity (Wildman–Crippen MR) is 143 cm³/mol. The highest BCUT2D eigenvalue weighted by Gasteiger charge is 2.34. The summed E-state index contributed by atoms with van der Waals surface area (Å²) < 4.78 is 55.0. The maximum absolute atomic E-state index is 15.1. The van der Waals surface area contributed by atoms with Crippen LogP contribution in [0.1, 0.15) is 60.5 Å². The van der Waals surface area contributed by atoms with Crippen molar-refractivity contribution in [1.82, 2.24) is 24.9 Å². The first-order valence-corrected chi connectivity index (χ1v) is 14.5. The van der Waals surface area contributed by atoms with Crippen LogP contribution < -0.4 is 10.9 Å². The summed E-state index contributed by atoms with van der Waals surface area (Å²) in [6.45, 7) is 3.80. The fourth-order valence-electron chi connectivity index (χ4n) is 4.94. The Morgan fingerprint density at radius 2 is 1.89 bits per heavy atom. The van der Waals surface area contributed by atoms with Crippen LogP contribution in [0.25, 0.3) is 10.9 Å². The van der Waals surface area contributed by atoms with Gasteiger partial charge in [0.1, 0.15) is 9.84 Å². The molecule has 0 aliphatic carbocycles. The maximum Gasteiger partial charge on any atom is 0.295 e. The minimum atomic E-state index is -3.04. The van der Waals surface area contributed by atoms with Crippen molar-refractivity contribution in [3.63, 3.8) is 0 Å². The highest BCUT2D eigenvalue weighted by Crippen LogP contribution is 2.37. The molecule has 1 aliphatic rings. The molecule has 1 N–H and O–H groups in total. The minimum Gasteiger partial charge on any atom is -0.362 e. The van der Waals surface area contributed by atoms with Gasteiger partial charge in [-0.25, -0.2) is 21.9 Å². The van der Waals surface area contributed by atoms with Gasteiger partial charge in [-0.05, 0) is 58.0 Å². The molecule has 38 heavy (non-hydrogen) atoms. The summed E-state index contributed by atoms with van der Waals surface area (Å²) in [6, 6.07) is 6.23. The Morgan fingerprint density at radius 3 is 2.55 bits per heavy atom. The Balaban J connectivity index is 1.68. The van der Waals surface area contributed by atoms with Crippen molar-refractivity contribution >= 4 is 26.6 Å². The molecule has 206 valence electrons. The third kappa shape index (κ3) is 5.85. The van der Waals surface area contributed by atoms with Crippen LogP contribution in [0.4, 0.5) is 14.6 Å². The zero-order chi connectivity index (χ0) is 27.8. The van der Waals surface area contributed by atoms with Crippen molar-refractivity contribution in [3.05, 3.63) is 57.0 Å². The van der Waals surface area contributed by atoms with Crippen molar-refractivity contribution in [3.8, 4) is 0 Å². The van der Waals surface area contributed by atoms with Crippen molar-refractivity contribution < 1.29 is 17.2 Å². The molecular weight excluding hydrogens is 514 g/mol. The monoisotopic (exact) mass is 548 g/mol. The Labute approximate surface area is 221 Å². The van der Waals surface area contributed by atoms with E-state index in [0.29, 0.717) is 40.9 Å². The van der Waals surface area contributed by atoms with E-state index in [9.17, 15) is 13.2 Å². The van der Waals surface area contributed by atoms with Crippen molar-refractivity contribution in [2.45, 2.75) is 51.0 Å². The summed E-state index contributed by atoms with van der Waals surface area (Å²) in [4.78, 5) is 14.5. The lowest BCUT2D eigenvalue weighted by atomic mass is 9.93. The lowest BCUT2D eigenvalue weighted by Crippen LogP contribution is -2.26. The molecule has 12 heteroatoms. The Morgan fingerprint density at radius 1 is 1.21 bits per heavy atom. The van der Waals surface area contributed by atoms with Crippen LogP contribution in [0.5, 0.6) is 0 Å². The number of fused-ring (bicyclic) bond motifs is 1. The van der Waals surface area contributed by atoms with Gasteiger partial charge in [-0.15, -0.1) is 5.10 Å². The molecule has 1 aliphatic heterocycles. The molecule has 9 nitrogen and oxygen atoms in total. The van der Waals surface area contributed by atoms with Crippen molar-refractivity contribution in [2.24, 2.45) is 7.05 Å². The first-order chi connectivity index (χ1) is 17.8. The van der Waals surface area contributed by atoms with Crippen LogP contribution in [-0.2, 0) is 22.8 Å². The normalized spacial score (nSPS) is 17.2. The third-order valence-electron chi connectivity index (χ3n) is 7.25. The van der Waals surface area contributed by atoms with E-state index in [1.54, 1.807) is 44.1 Å². The second kappa shape index (κ2) is 10.6. The molecule has 0 unspecified atom stereocenters. The second-order valence-corrected chi connectivity index (χ2v) is 12.7. The van der Waals surface area contributed by atoms with E-state index < -0.39 is 27.4 Å². The molecule has 1 atom stereocenters. The van der Waals surface area contributed by atoms with Crippen LogP contribution in [0.2, 0.25) is 0 Å². The number of aromatic nitrogens is 4. The van der Waals surface area contributed by atoms with Gasteiger partial charge in [0, 0.05) is 31.5 Å². The molecule has 3 aromatic rings. The summed E-state index contributed by atoms with van der Waals surface area (Å²) in [6.07, 6.45) is 0.588. The molecule has 3 heterocycles. The van der Waals surface area contributed by atoms with Crippen LogP contribution in [-0.4, -0.2) is 65.4 Å². The summed E-state index contributed by atoms with van der Waals surface area (Å²) in [5.41, 5.74) is 1.50. The van der Waals surface area contributed by atoms with E-state index >= 15 is 8.78 Å². The number of halogens is 2. The molecular formula is C26H34F2N6O3S. The smallest absolute Gasteiger partial charge is 0.295 e. The first kappa shape index (κ1) is 28.0. The lowest BCUT2D eigenvalue weighted by molar-refractivity contribution is -0.0194. The van der Waals surface area contributed by atoms with Gasteiger partial charge in [-0.2, -0.15) is 10.2 Å². The zero-order valence-electron chi connectivity index (χ0n) is 22.3. The molecule has 0 bridgehead atoms. The largest absolute Gasteiger partial charge is 0.362 e. The minimum absolute atomic E-state index is 0.0100. The Kier molecular flexibility index (Phi) is 7.85. The molecule has 4 rings (SSSR count). The summed E-state index contributed by atoms with van der Waals surface area (Å²) >= 11 is 0. The summed E-state index contributed by atoms with van der Waals surface area (Å²) in [5.74, 6) is -2.53. The van der Waals surface area contributed by atoms with E-state index in [4.69, 9.17) is 0 Å². The average molecular weight is 549 g/mol. The zero-order valence-corrected chi connectivity index (χ0v) is 23.1. The molecule has 0 saturated carbocycles. The molecule has 2 aromatic heterocycles. The highest BCUT2D eigenvalue weighted by atomic mass is 32.2. The average Bonchev–Trinajstić information content (AvgIpc) is 2.85. The molecule has 1 fully saturated rings. The van der Waals surface area contributed by atoms with Gasteiger partial charge < -0.3 is 10.2 Å². The fourth-order valence-corrected chi connectivity index (χ4v) is 6.43. The second-order valence-electron chi connectivity index (χ2n) is 10.4. The predicted octanol–water partition coefficient (Wildman–Crippen LogP) is 3.54. The van der Waals surface area contributed by atoms with Crippen LogP contribution >= 0.6 is 0 Å². The van der Waals surface area contributed by atoms with Gasteiger partial charge in [-0.1, -0.05) is 18.2 Å². The number of benzene rings is 1. The topological polar surface area (TPSA) is 110 Å². The number of aryl methyl sites for hydroxylation is 1. The van der Waals surface area contributed by atoms with E-state index in [0.717, 1.165) is 4.68 Å². The molecule has 0 spiro atoms. The van der Waals surface area contributed by atoms with E-state index in [1.165, 1.54) is 13.1 Å². The van der Waals surface area contributed by atoms with Crippen molar-refractivity contribution in [2.75, 3.05) is 37.5 Å². The Bertz CT molecular complexity index is 1490. The van der Waals surface area contributed by atoms with E-state index in [2.05, 4.69) is 20.6 Å². The van der Waals surface area contributed by atoms with Crippen molar-refractivity contribution in [1.29, 1.82) is 0 Å². The first-order valence-electron chi connectivity index (χ1n) is 12.6. The van der Waals surface area contributed by atoms with Gasteiger partial charge in [0.15, 0.2) is 11.3 Å². The van der Waals surface area contributed by atoms with E-state index in [-0.39, 0.29) is 41.5 Å². The summed E-state index contributed by atoms with van der Waals surface area (Å²) in [7, 11) is 2.00. The number of sulfone groups is 1. The van der Waals surface area contributed by atoms with Crippen LogP contribution in [0, 0.1) is 6.92 Å². The molecule has 1 aromatic carbocycles. The molecule has 1 saturated heterocycles. The number of rotatable bonds is 8. The maximum atomic E-state index is 15.1. The van der Waals surface area contributed by atoms with Crippen LogP contribution in [0.3, 0.4) is 0 Å². The van der Waals surface area contributed by atoms with Gasteiger partial charge >= 0.3 is 0 Å². The molecule has 0 amide bonds. The number of anilines is 1. The van der Waals surface area contributed by atoms with Gasteiger partial charge in [0.05, 0.1) is 28.6 Å². The van der Waals surface area contributed by atoms with Gasteiger partial charge in [-0.3, -0.25) is 4.79 Å². The quantitative estimate of drug-likeness (QED) is 0.455. The standard InChI is InChI=1S/C26H34F2N6O3S/c1-16-19(7-6-8-21(16)26(27,28)11-12-33(3)4)17(2)29-24-20-15-22(18-9-13-38(36,37)14-10-18)30-31-23(20)25(35)34(5)32-24/h6-8,15,17-18H,9-14H2,1-5H3,(H,29,32)/t17-/m1/s1. The highest BCUT2D eigenvalue weighted by molar-refractivity contribution is 7.91. The van der Waals surface area contributed by atoms with Gasteiger partial charge in [0.2, 0.25) is 0 Å². The fraction of sp³-hybridized carbons (Fsp3) is 0.538. The number of hydrogen-bond donors (Lipinski definition) is 1. The SMILES string of the molecule is Cc1c([C@@H](C)Nc2nn(C)c(=O)c3nnc(C4CCS(=O)(=O)CC4)cc23)cccc1C(F)(F)CCN(C)C. The van der Waals surface area contributed by atoms with Gasteiger partial charge in [0.25, 0.3) is 11.5 Å². The number of alkyl halides is 2.